The number of nitrogens with zero attached hydrogens (tertiary/aromatic N) is 8. The summed E-state index contributed by atoms with van der Waals surface area (Å²) < 4.78 is 88.8. The first-order chi connectivity index (χ1) is 44.6. The van der Waals surface area contributed by atoms with Crippen molar-refractivity contribution in [2.24, 2.45) is 0 Å². The SMILES string of the molecule is CN(C)S(=O)(=O)NC(=O)OCc1ccc(-n2nc(C(C)(C)C)cc2NC(=O)Nc2ccc(OCCN3CCOCC3)c3ccccc23)cc1.CN(C)S(=O)(=O)NC(=O)OCc1ccc(-n2nc(C(C)(C)C)cc2NC(=O)Nc2ccc(OCCN3CCOCC3)cc2)cc1. The number of hydrogen-bond donors (Lipinski definition) is 6. The summed E-state index contributed by atoms with van der Waals surface area (Å²) in [4.78, 5) is 54.9. The molecular weight excluding hydrogens is 1250 g/mol. The molecule has 0 atom stereocenters. The van der Waals surface area contributed by atoms with Gasteiger partial charge in [0.25, 0.3) is 0 Å². The van der Waals surface area contributed by atoms with Crippen LogP contribution in [-0.4, -0.2) is 186 Å². The monoisotopic (exact) mass is 1340 g/mol. The zero-order valence-corrected chi connectivity index (χ0v) is 56.2. The molecule has 94 heavy (non-hydrogen) atoms. The Morgan fingerprint density at radius 3 is 1.38 bits per heavy atom. The fourth-order valence-electron chi connectivity index (χ4n) is 9.20. The smallest absolute Gasteiger partial charge is 0.422 e. The summed E-state index contributed by atoms with van der Waals surface area (Å²) in [5.41, 5.74) is 4.71. The van der Waals surface area contributed by atoms with Crippen molar-refractivity contribution in [1.82, 2.24) is 47.4 Å². The number of fused-ring (bicyclic) bond motifs is 1. The number of hydrogen-bond acceptors (Lipinski definition) is 18. The number of benzene rings is 5. The maximum atomic E-state index is 13.4. The van der Waals surface area contributed by atoms with Crippen LogP contribution >= 0.6 is 0 Å². The second-order valence-corrected chi connectivity index (χ2v) is 28.1. The van der Waals surface area contributed by atoms with E-state index in [1.54, 1.807) is 70.0 Å². The molecule has 30 heteroatoms. The fourth-order valence-corrected chi connectivity index (χ4v) is 10.1. The second kappa shape index (κ2) is 31.8. The van der Waals surface area contributed by atoms with Gasteiger partial charge in [0.2, 0.25) is 0 Å². The quantitative estimate of drug-likeness (QED) is 0.0372. The van der Waals surface area contributed by atoms with Crippen molar-refractivity contribution in [3.63, 3.8) is 0 Å². The molecule has 28 nitrogen and oxygen atoms in total. The van der Waals surface area contributed by atoms with E-state index >= 15 is 0 Å². The van der Waals surface area contributed by atoms with Crippen LogP contribution in [0.5, 0.6) is 11.5 Å². The fraction of sp³-hybridized carbons (Fsp3) is 0.406. The minimum atomic E-state index is -3.96. The summed E-state index contributed by atoms with van der Waals surface area (Å²) in [5.74, 6) is 2.37. The Morgan fingerprint density at radius 2 is 0.947 bits per heavy atom. The molecular formula is C64H84N14O14S2. The van der Waals surface area contributed by atoms with Crippen molar-refractivity contribution in [3.05, 3.63) is 144 Å². The molecule has 0 unspecified atom stereocenters. The van der Waals surface area contributed by atoms with E-state index in [1.165, 1.54) is 28.2 Å². The van der Waals surface area contributed by atoms with Crippen LogP contribution in [0, 0.1) is 0 Å². The van der Waals surface area contributed by atoms with Crippen LogP contribution in [0.25, 0.3) is 22.1 Å². The number of ether oxygens (including phenoxy) is 6. The van der Waals surface area contributed by atoms with Gasteiger partial charge >= 0.3 is 44.7 Å². The Hall–Kier alpha value is -8.88. The first kappa shape index (κ1) is 71.0. The van der Waals surface area contributed by atoms with Crippen LogP contribution in [0.15, 0.2) is 121 Å². The van der Waals surface area contributed by atoms with Crippen LogP contribution < -0.4 is 40.2 Å². The van der Waals surface area contributed by atoms with Crippen molar-refractivity contribution >= 4 is 78.5 Å². The third-order valence-electron chi connectivity index (χ3n) is 14.7. The Bertz CT molecular complexity index is 3930. The lowest BCUT2D eigenvalue weighted by molar-refractivity contribution is 0.0322. The van der Waals surface area contributed by atoms with Crippen LogP contribution in [0.3, 0.4) is 0 Å². The van der Waals surface area contributed by atoms with Crippen molar-refractivity contribution in [2.75, 3.05) is 128 Å². The number of morpholine rings is 2. The number of carbonyl (C=O) groups excluding carboxylic acids is 4. The van der Waals surface area contributed by atoms with Gasteiger partial charge in [-0.1, -0.05) is 90.1 Å². The van der Waals surface area contributed by atoms with Gasteiger partial charge in [-0.05, 0) is 71.8 Å². The molecule has 2 aromatic heterocycles. The largest absolute Gasteiger partial charge is 0.492 e. The summed E-state index contributed by atoms with van der Waals surface area (Å²) in [5, 5.41) is 22.9. The molecule has 0 bridgehead atoms. The molecule has 2 saturated heterocycles. The lowest BCUT2D eigenvalue weighted by Gasteiger charge is -2.26. The van der Waals surface area contributed by atoms with E-state index in [4.69, 9.17) is 38.6 Å². The Balaban J connectivity index is 0.000000242. The van der Waals surface area contributed by atoms with Crippen LogP contribution in [0.2, 0.25) is 0 Å². The molecule has 7 aromatic rings. The maximum absolute atomic E-state index is 13.4. The van der Waals surface area contributed by atoms with Gasteiger partial charge in [-0.3, -0.25) is 20.4 Å². The number of nitrogens with one attached hydrogen (secondary N) is 6. The van der Waals surface area contributed by atoms with Crippen LogP contribution in [-0.2, 0) is 63.4 Å². The van der Waals surface area contributed by atoms with Crippen LogP contribution in [0.1, 0.15) is 64.1 Å². The number of rotatable bonds is 22. The molecule has 506 valence electrons. The third kappa shape index (κ3) is 20.6. The maximum Gasteiger partial charge on any atom is 0.422 e. The van der Waals surface area contributed by atoms with E-state index in [2.05, 4.69) is 31.1 Å². The molecule has 0 spiro atoms. The molecule has 5 aromatic carbocycles. The van der Waals surface area contributed by atoms with E-state index in [-0.39, 0.29) is 24.0 Å². The summed E-state index contributed by atoms with van der Waals surface area (Å²) in [6.07, 6.45) is -2.17. The average molecular weight is 1340 g/mol. The average Bonchev–Trinajstić information content (AvgIpc) is 1.52. The van der Waals surface area contributed by atoms with Gasteiger partial charge in [-0.25, -0.2) is 38.0 Å². The van der Waals surface area contributed by atoms with Gasteiger partial charge in [0, 0.05) is 107 Å². The molecule has 4 heterocycles. The first-order valence-corrected chi connectivity index (χ1v) is 33.3. The zero-order valence-electron chi connectivity index (χ0n) is 54.6. The van der Waals surface area contributed by atoms with E-state index in [1.807, 2.05) is 112 Å². The van der Waals surface area contributed by atoms with E-state index in [0.717, 1.165) is 108 Å². The predicted octanol–water partition coefficient (Wildman–Crippen LogP) is 8.27. The lowest BCUT2D eigenvalue weighted by Crippen LogP contribution is -2.39. The number of aromatic nitrogens is 4. The van der Waals surface area contributed by atoms with Gasteiger partial charge < -0.3 is 39.1 Å². The van der Waals surface area contributed by atoms with Gasteiger partial charge in [-0.15, -0.1) is 0 Å². The van der Waals surface area contributed by atoms with Crippen molar-refractivity contribution in [2.45, 2.75) is 65.6 Å². The number of urea groups is 2. The first-order valence-electron chi connectivity index (χ1n) is 30.4. The normalized spacial score (nSPS) is 14.1. The molecule has 2 aliphatic heterocycles. The van der Waals surface area contributed by atoms with Crippen molar-refractivity contribution in [3.8, 4) is 22.9 Å². The van der Waals surface area contributed by atoms with Crippen molar-refractivity contribution < 1.29 is 64.4 Å². The van der Waals surface area contributed by atoms with E-state index in [0.29, 0.717) is 58.7 Å². The topological polar surface area (TPSA) is 313 Å². The molecule has 6 amide bonds. The highest BCUT2D eigenvalue weighted by molar-refractivity contribution is 7.87. The highest BCUT2D eigenvalue weighted by atomic mass is 32.2. The Labute approximate surface area is 548 Å². The summed E-state index contributed by atoms with van der Waals surface area (Å²) in [7, 11) is -2.73. The minimum absolute atomic E-state index is 0.146. The third-order valence-corrected chi connectivity index (χ3v) is 17.5. The second-order valence-electron chi connectivity index (χ2n) is 24.4. The van der Waals surface area contributed by atoms with E-state index < -0.39 is 44.7 Å². The zero-order chi connectivity index (χ0) is 67.8. The summed E-state index contributed by atoms with van der Waals surface area (Å²) >= 11 is 0. The van der Waals surface area contributed by atoms with Gasteiger partial charge in [0.15, 0.2) is 0 Å². The predicted molar refractivity (Wildman–Crippen MR) is 358 cm³/mol. The molecule has 2 aliphatic rings. The number of anilines is 4. The highest BCUT2D eigenvalue weighted by Gasteiger charge is 2.25. The van der Waals surface area contributed by atoms with Crippen LogP contribution in [0.4, 0.5) is 42.2 Å². The summed E-state index contributed by atoms with van der Waals surface area (Å²) in [6.45, 7) is 21.2. The van der Waals surface area contributed by atoms with Gasteiger partial charge in [-0.2, -0.15) is 35.6 Å². The molecule has 6 N–H and O–H groups in total. The standard InChI is InChI=1S/C34H43N7O7S.C30H41N7O7S/c1-34(2,3)30-22-31(41(37-30)25-12-10-24(11-13-25)23-48-33(43)38-49(44,45)39(4)5)36-32(42)35-28-14-15-29(27-9-7-6-8-26(27)28)47-21-18-40-16-19-46-20-17-40;1-30(2,3)26-20-27(32-28(38)31-23-8-12-25(13-9-23)43-19-16-36-14-17-42-18-15-36)37(33-26)24-10-6-22(7-11-24)21-44-29(39)34-45(40,41)35(4)5/h6-15,22H,16-21,23H2,1-5H3,(H,38,43)(H2,35,36,42);6-13,20H,14-19,21H2,1-5H3,(H,34,39)(H2,31,32,38). The molecule has 9 rings (SSSR count). The Morgan fingerprint density at radius 1 is 0.521 bits per heavy atom. The summed E-state index contributed by atoms with van der Waals surface area (Å²) in [6, 6.07) is 35.3. The molecule has 0 radical (unpaired) electrons. The molecule has 0 aliphatic carbocycles. The van der Waals surface area contributed by atoms with Crippen molar-refractivity contribution in [1.29, 1.82) is 0 Å². The molecule has 2 fully saturated rings. The van der Waals surface area contributed by atoms with Gasteiger partial charge in [0.05, 0.1) is 54.9 Å². The minimum Gasteiger partial charge on any atom is -0.492 e. The van der Waals surface area contributed by atoms with Gasteiger partial charge in [0.1, 0.15) is 49.6 Å². The number of carbonyl (C=O) groups is 4. The van der Waals surface area contributed by atoms with E-state index in [9.17, 15) is 36.0 Å². The highest BCUT2D eigenvalue weighted by Crippen LogP contribution is 2.33. The molecule has 0 saturated carbocycles. The lowest BCUT2D eigenvalue weighted by atomic mass is 9.92. The Kier molecular flexibility index (Phi) is 24.0. The number of amides is 6.